The Labute approximate surface area is 207 Å². The van der Waals surface area contributed by atoms with Gasteiger partial charge >= 0.3 is 0 Å². The molecule has 1 aliphatic rings. The fourth-order valence-corrected chi connectivity index (χ4v) is 5.10. The first-order valence-electron chi connectivity index (χ1n) is 13.1. The number of hydrogen-bond acceptors (Lipinski definition) is 3. The summed E-state index contributed by atoms with van der Waals surface area (Å²) in [6.45, 7) is 17.5. The quantitative estimate of drug-likeness (QED) is 0.377. The molecule has 1 saturated heterocycles. The molecular formula is C30H47NO3. The fourth-order valence-electron chi connectivity index (χ4n) is 5.10. The van der Waals surface area contributed by atoms with Gasteiger partial charge < -0.3 is 4.90 Å². The molecule has 1 aliphatic heterocycles. The Morgan fingerprint density at radius 1 is 0.971 bits per heavy atom. The highest BCUT2D eigenvalue weighted by Crippen LogP contribution is 2.39. The second-order valence-corrected chi connectivity index (χ2v) is 12.8. The van der Waals surface area contributed by atoms with Gasteiger partial charge in [-0.2, -0.15) is 0 Å². The summed E-state index contributed by atoms with van der Waals surface area (Å²) in [6.07, 6.45) is 3.84. The number of rotatable bonds is 10. The molecular weight excluding hydrogens is 422 g/mol. The van der Waals surface area contributed by atoms with Crippen molar-refractivity contribution in [3.63, 3.8) is 0 Å². The highest BCUT2D eigenvalue weighted by atomic mass is 16.2. The Morgan fingerprint density at radius 3 is 2.12 bits per heavy atom. The highest BCUT2D eigenvalue weighted by molar-refractivity contribution is 5.93. The van der Waals surface area contributed by atoms with Crippen molar-refractivity contribution in [1.29, 1.82) is 0 Å². The minimum Gasteiger partial charge on any atom is -0.333 e. The van der Waals surface area contributed by atoms with Crippen LogP contribution in [0.2, 0.25) is 0 Å². The maximum atomic E-state index is 13.5. The Bertz CT molecular complexity index is 829. The summed E-state index contributed by atoms with van der Waals surface area (Å²) in [5.41, 5.74) is 1.21. The molecule has 3 atom stereocenters. The van der Waals surface area contributed by atoms with Crippen LogP contribution in [0.4, 0.5) is 0 Å². The van der Waals surface area contributed by atoms with Crippen molar-refractivity contribution >= 4 is 17.5 Å². The lowest BCUT2D eigenvalue weighted by Gasteiger charge is -2.33. The van der Waals surface area contributed by atoms with Gasteiger partial charge in [0.05, 0.1) is 6.04 Å². The molecule has 1 heterocycles. The summed E-state index contributed by atoms with van der Waals surface area (Å²) >= 11 is 0. The van der Waals surface area contributed by atoms with E-state index >= 15 is 0 Å². The molecule has 34 heavy (non-hydrogen) atoms. The number of nitrogens with zero attached hydrogens (tertiary/aromatic N) is 1. The van der Waals surface area contributed by atoms with Gasteiger partial charge in [-0.05, 0) is 48.0 Å². The van der Waals surface area contributed by atoms with Crippen LogP contribution in [0.1, 0.15) is 105 Å². The second kappa shape index (κ2) is 11.6. The third kappa shape index (κ3) is 8.06. The Morgan fingerprint density at radius 2 is 1.59 bits per heavy atom. The Hall–Kier alpha value is -1.97. The normalized spacial score (nSPS) is 18.7. The summed E-state index contributed by atoms with van der Waals surface area (Å²) in [6, 6.07) is 9.82. The molecule has 0 radical (unpaired) electrons. The van der Waals surface area contributed by atoms with E-state index in [0.29, 0.717) is 19.4 Å². The number of amides is 1. The van der Waals surface area contributed by atoms with Crippen molar-refractivity contribution in [2.75, 3.05) is 6.54 Å². The van der Waals surface area contributed by atoms with Crippen LogP contribution in [0.25, 0.3) is 0 Å². The van der Waals surface area contributed by atoms with Crippen molar-refractivity contribution < 1.29 is 14.4 Å². The summed E-state index contributed by atoms with van der Waals surface area (Å²) in [4.78, 5) is 41.6. The fraction of sp³-hybridized carbons (Fsp3) is 0.700. The molecule has 0 spiro atoms. The minimum absolute atomic E-state index is 0.0565. The molecule has 1 fully saturated rings. The summed E-state index contributed by atoms with van der Waals surface area (Å²) in [5, 5.41) is 0. The maximum Gasteiger partial charge on any atom is 0.223 e. The van der Waals surface area contributed by atoms with E-state index in [2.05, 4.69) is 53.7 Å². The molecule has 0 saturated carbocycles. The third-order valence-corrected chi connectivity index (χ3v) is 7.23. The molecule has 0 aliphatic carbocycles. The lowest BCUT2D eigenvalue weighted by atomic mass is 9.74. The number of hydrogen-bond donors (Lipinski definition) is 0. The Kier molecular flexibility index (Phi) is 9.68. The lowest BCUT2D eigenvalue weighted by molar-refractivity contribution is -0.139. The van der Waals surface area contributed by atoms with E-state index in [4.69, 9.17) is 0 Å². The van der Waals surface area contributed by atoms with Gasteiger partial charge in [-0.1, -0.05) is 85.7 Å². The van der Waals surface area contributed by atoms with E-state index < -0.39 is 0 Å². The van der Waals surface area contributed by atoms with E-state index in [1.54, 1.807) is 0 Å². The van der Waals surface area contributed by atoms with E-state index in [1.807, 2.05) is 36.9 Å². The third-order valence-electron chi connectivity index (χ3n) is 7.23. The summed E-state index contributed by atoms with van der Waals surface area (Å²) < 4.78 is 0. The average molecular weight is 470 g/mol. The SMILES string of the molecule is CC(C)C(=O)C(CCC(C)(C)C)CC(=O)C1CCCN1C(=O)CC(c1ccccc1)C(C)(C)C. The zero-order valence-electron chi connectivity index (χ0n) is 22.8. The number of carbonyl (C=O) groups excluding carboxylic acids is 3. The molecule has 4 heteroatoms. The van der Waals surface area contributed by atoms with Crippen molar-refractivity contribution in [2.24, 2.45) is 22.7 Å². The topological polar surface area (TPSA) is 54.5 Å². The standard InChI is InChI=1S/C30H47NO3/c1-21(2)28(34)23(16-17-29(3,4)5)19-26(32)25-15-12-18-31(25)27(33)20-24(30(6,7)8)22-13-10-9-11-14-22/h9-11,13-14,21,23-25H,12,15-20H2,1-8H3. The molecule has 1 amide bonds. The molecule has 0 bridgehead atoms. The van der Waals surface area contributed by atoms with Crippen molar-refractivity contribution in [3.8, 4) is 0 Å². The number of ketones is 2. The van der Waals surface area contributed by atoms with Crippen LogP contribution in [0, 0.1) is 22.7 Å². The van der Waals surface area contributed by atoms with Gasteiger partial charge in [0.15, 0.2) is 5.78 Å². The van der Waals surface area contributed by atoms with Gasteiger partial charge in [0.25, 0.3) is 0 Å². The largest absolute Gasteiger partial charge is 0.333 e. The number of likely N-dealkylation sites (tertiary alicyclic amines) is 1. The van der Waals surface area contributed by atoms with Gasteiger partial charge in [-0.15, -0.1) is 0 Å². The van der Waals surface area contributed by atoms with Gasteiger partial charge in [-0.25, -0.2) is 0 Å². The molecule has 0 aromatic heterocycles. The van der Waals surface area contributed by atoms with Crippen LogP contribution in [0.5, 0.6) is 0 Å². The molecule has 4 nitrogen and oxygen atoms in total. The zero-order valence-corrected chi connectivity index (χ0v) is 22.8. The average Bonchev–Trinajstić information content (AvgIpc) is 3.23. The van der Waals surface area contributed by atoms with Crippen molar-refractivity contribution in [2.45, 2.75) is 106 Å². The van der Waals surface area contributed by atoms with Crippen LogP contribution in [-0.4, -0.2) is 35.0 Å². The van der Waals surface area contributed by atoms with Gasteiger partial charge in [-0.3, -0.25) is 14.4 Å². The first-order valence-corrected chi connectivity index (χ1v) is 13.1. The molecule has 1 aromatic carbocycles. The van der Waals surface area contributed by atoms with Crippen LogP contribution >= 0.6 is 0 Å². The first-order chi connectivity index (χ1) is 15.7. The van der Waals surface area contributed by atoms with E-state index in [1.165, 1.54) is 0 Å². The number of carbonyl (C=O) groups is 3. The van der Waals surface area contributed by atoms with Crippen molar-refractivity contribution in [3.05, 3.63) is 35.9 Å². The van der Waals surface area contributed by atoms with Gasteiger partial charge in [0, 0.05) is 31.2 Å². The smallest absolute Gasteiger partial charge is 0.223 e. The summed E-state index contributed by atoms with van der Waals surface area (Å²) in [7, 11) is 0. The predicted molar refractivity (Wildman–Crippen MR) is 140 cm³/mol. The zero-order chi connectivity index (χ0) is 25.7. The van der Waals surface area contributed by atoms with Crippen LogP contribution in [-0.2, 0) is 14.4 Å². The minimum atomic E-state index is -0.388. The van der Waals surface area contributed by atoms with Crippen LogP contribution in [0.3, 0.4) is 0 Å². The molecule has 1 aromatic rings. The van der Waals surface area contributed by atoms with E-state index in [-0.39, 0.29) is 58.5 Å². The monoisotopic (exact) mass is 469 g/mol. The van der Waals surface area contributed by atoms with E-state index in [0.717, 1.165) is 24.8 Å². The van der Waals surface area contributed by atoms with Crippen molar-refractivity contribution in [1.82, 2.24) is 4.90 Å². The lowest BCUT2D eigenvalue weighted by Crippen LogP contribution is -2.43. The first kappa shape index (κ1) is 28.3. The van der Waals surface area contributed by atoms with Gasteiger partial charge in [0.2, 0.25) is 5.91 Å². The molecule has 2 rings (SSSR count). The summed E-state index contributed by atoms with van der Waals surface area (Å²) in [5.74, 6) is 0.0326. The maximum absolute atomic E-state index is 13.5. The number of benzene rings is 1. The van der Waals surface area contributed by atoms with Gasteiger partial charge in [0.1, 0.15) is 5.78 Å². The van der Waals surface area contributed by atoms with Crippen LogP contribution < -0.4 is 0 Å². The Balaban J connectivity index is 2.14. The molecule has 190 valence electrons. The highest BCUT2D eigenvalue weighted by Gasteiger charge is 2.38. The number of Topliss-reactive ketones (excluding diaryl/α,β-unsaturated/α-hetero) is 2. The molecule has 0 N–H and O–H groups in total. The predicted octanol–water partition coefficient (Wildman–Crippen LogP) is 6.82. The second-order valence-electron chi connectivity index (χ2n) is 12.8. The van der Waals surface area contributed by atoms with E-state index in [9.17, 15) is 14.4 Å². The molecule has 3 unspecified atom stereocenters. The van der Waals surface area contributed by atoms with Crippen LogP contribution in [0.15, 0.2) is 30.3 Å².